The highest BCUT2D eigenvalue weighted by atomic mass is 16.5. The molecule has 2 atom stereocenters. The Hall–Kier alpha value is -2.86. The number of rotatable bonds is 9. The topological polar surface area (TPSA) is 93.5 Å². The van der Waals surface area contributed by atoms with Crippen LogP contribution in [0.25, 0.3) is 0 Å². The largest absolute Gasteiger partial charge is 0.491 e. The van der Waals surface area contributed by atoms with Gasteiger partial charge in [-0.2, -0.15) is 0 Å². The van der Waals surface area contributed by atoms with Crippen molar-refractivity contribution < 1.29 is 14.3 Å². The standard InChI is InChI=1S/C23H31N3O3/c1-15(2)21(24)23(28)25-13-20(27)26-19(18-11-6-5-7-12-18)14-29-22-16(3)9-8-10-17(22)4/h5-12,15,19,21H,13-14,24H2,1-4H3,(H,25,28)(H,26,27)/t19?,21-/m0/s1. The summed E-state index contributed by atoms with van der Waals surface area (Å²) in [5, 5.41) is 5.54. The Kier molecular flexibility index (Phi) is 8.21. The minimum Gasteiger partial charge on any atom is -0.491 e. The number of nitrogens with two attached hydrogens (primary N) is 1. The number of carbonyl (C=O) groups is 2. The third-order valence-corrected chi connectivity index (χ3v) is 4.78. The van der Waals surface area contributed by atoms with Gasteiger partial charge in [0.1, 0.15) is 12.4 Å². The molecule has 1 unspecified atom stereocenters. The fourth-order valence-electron chi connectivity index (χ4n) is 2.93. The van der Waals surface area contributed by atoms with Crippen molar-refractivity contribution in [3.63, 3.8) is 0 Å². The number of amides is 2. The Balaban J connectivity index is 2.03. The summed E-state index contributed by atoms with van der Waals surface area (Å²) in [6.45, 7) is 7.85. The molecule has 2 amide bonds. The van der Waals surface area contributed by atoms with Crippen LogP contribution in [-0.2, 0) is 9.59 Å². The van der Waals surface area contributed by atoms with Gasteiger partial charge in [-0.05, 0) is 36.5 Å². The van der Waals surface area contributed by atoms with E-state index in [1.165, 1.54) is 0 Å². The van der Waals surface area contributed by atoms with Gasteiger partial charge >= 0.3 is 0 Å². The van der Waals surface area contributed by atoms with E-state index < -0.39 is 6.04 Å². The van der Waals surface area contributed by atoms with Crippen molar-refractivity contribution in [3.05, 3.63) is 65.2 Å². The summed E-state index contributed by atoms with van der Waals surface area (Å²) in [6, 6.07) is 14.6. The molecule has 0 fully saturated rings. The maximum absolute atomic E-state index is 12.4. The number of ether oxygens (including phenoxy) is 1. The first-order valence-corrected chi connectivity index (χ1v) is 9.86. The van der Waals surface area contributed by atoms with E-state index in [0.717, 1.165) is 22.4 Å². The summed E-state index contributed by atoms with van der Waals surface area (Å²) in [5.74, 6) is 0.186. The van der Waals surface area contributed by atoms with Crippen molar-refractivity contribution in [1.29, 1.82) is 0 Å². The van der Waals surface area contributed by atoms with Crippen molar-refractivity contribution in [2.75, 3.05) is 13.2 Å². The number of hydrogen-bond donors (Lipinski definition) is 3. The number of benzene rings is 2. The quantitative estimate of drug-likeness (QED) is 0.606. The predicted molar refractivity (Wildman–Crippen MR) is 115 cm³/mol. The van der Waals surface area contributed by atoms with E-state index in [-0.39, 0.29) is 36.9 Å². The van der Waals surface area contributed by atoms with Crippen LogP contribution >= 0.6 is 0 Å². The fraction of sp³-hybridized carbons (Fsp3) is 0.391. The van der Waals surface area contributed by atoms with Gasteiger partial charge in [-0.25, -0.2) is 0 Å². The lowest BCUT2D eigenvalue weighted by atomic mass is 10.1. The maximum Gasteiger partial charge on any atom is 0.239 e. The molecule has 0 saturated carbocycles. The molecule has 0 aromatic heterocycles. The Morgan fingerprint density at radius 1 is 1.00 bits per heavy atom. The zero-order chi connectivity index (χ0) is 21.4. The van der Waals surface area contributed by atoms with E-state index >= 15 is 0 Å². The average molecular weight is 398 g/mol. The van der Waals surface area contributed by atoms with Crippen molar-refractivity contribution in [2.24, 2.45) is 11.7 Å². The maximum atomic E-state index is 12.4. The third-order valence-electron chi connectivity index (χ3n) is 4.78. The summed E-state index contributed by atoms with van der Waals surface area (Å²) in [5.41, 5.74) is 8.82. The zero-order valence-corrected chi connectivity index (χ0v) is 17.6. The molecule has 0 aliphatic rings. The average Bonchev–Trinajstić information content (AvgIpc) is 2.70. The van der Waals surface area contributed by atoms with Crippen LogP contribution in [0.2, 0.25) is 0 Å². The molecule has 2 rings (SSSR count). The molecule has 0 saturated heterocycles. The molecule has 0 bridgehead atoms. The summed E-state index contributed by atoms with van der Waals surface area (Å²) < 4.78 is 6.06. The molecule has 4 N–H and O–H groups in total. The van der Waals surface area contributed by atoms with Crippen molar-refractivity contribution >= 4 is 11.8 Å². The molecule has 156 valence electrons. The van der Waals surface area contributed by atoms with Gasteiger partial charge in [0.15, 0.2) is 0 Å². The van der Waals surface area contributed by atoms with Gasteiger partial charge in [0, 0.05) is 0 Å². The predicted octanol–water partition coefficient (Wildman–Crippen LogP) is 2.64. The van der Waals surface area contributed by atoms with Crippen LogP contribution < -0.4 is 21.1 Å². The van der Waals surface area contributed by atoms with Gasteiger partial charge in [0.05, 0.1) is 18.6 Å². The Morgan fingerprint density at radius 2 is 1.62 bits per heavy atom. The second kappa shape index (κ2) is 10.6. The molecule has 29 heavy (non-hydrogen) atoms. The molecule has 0 radical (unpaired) electrons. The van der Waals surface area contributed by atoms with Crippen LogP contribution in [0.15, 0.2) is 48.5 Å². The SMILES string of the molecule is Cc1cccc(C)c1OCC(NC(=O)CNC(=O)[C@@H](N)C(C)C)c1ccccc1. The first-order chi connectivity index (χ1) is 13.8. The van der Waals surface area contributed by atoms with Crippen LogP contribution in [0.3, 0.4) is 0 Å². The molecular formula is C23H31N3O3. The van der Waals surface area contributed by atoms with Gasteiger partial charge in [0.25, 0.3) is 0 Å². The first kappa shape index (κ1) is 22.4. The number of aryl methyl sites for hydroxylation is 2. The Bertz CT molecular complexity index is 801. The lowest BCUT2D eigenvalue weighted by molar-refractivity contribution is -0.127. The number of nitrogens with one attached hydrogen (secondary N) is 2. The number of hydrogen-bond acceptors (Lipinski definition) is 4. The van der Waals surface area contributed by atoms with Crippen molar-refractivity contribution in [1.82, 2.24) is 10.6 Å². The molecule has 6 nitrogen and oxygen atoms in total. The smallest absolute Gasteiger partial charge is 0.239 e. The molecule has 2 aromatic carbocycles. The molecule has 2 aromatic rings. The highest BCUT2D eigenvalue weighted by Crippen LogP contribution is 2.24. The summed E-state index contributed by atoms with van der Waals surface area (Å²) >= 11 is 0. The van der Waals surface area contributed by atoms with Crippen LogP contribution in [0.4, 0.5) is 0 Å². The van der Waals surface area contributed by atoms with E-state index in [4.69, 9.17) is 10.5 Å². The molecule has 6 heteroatoms. The van der Waals surface area contributed by atoms with Crippen LogP contribution in [0.1, 0.15) is 36.6 Å². The monoisotopic (exact) mass is 397 g/mol. The van der Waals surface area contributed by atoms with E-state index in [1.54, 1.807) is 0 Å². The molecule has 0 aliphatic heterocycles. The van der Waals surface area contributed by atoms with E-state index in [1.807, 2.05) is 76.2 Å². The third kappa shape index (κ3) is 6.61. The lowest BCUT2D eigenvalue weighted by Crippen LogP contribution is -2.47. The van der Waals surface area contributed by atoms with Gasteiger partial charge < -0.3 is 21.1 Å². The second-order valence-electron chi connectivity index (χ2n) is 7.55. The minimum atomic E-state index is -0.639. The van der Waals surface area contributed by atoms with Gasteiger partial charge in [-0.3, -0.25) is 9.59 Å². The zero-order valence-electron chi connectivity index (χ0n) is 17.6. The first-order valence-electron chi connectivity index (χ1n) is 9.86. The second-order valence-corrected chi connectivity index (χ2v) is 7.55. The van der Waals surface area contributed by atoms with Gasteiger partial charge in [0.2, 0.25) is 11.8 Å². The number of carbonyl (C=O) groups excluding carboxylic acids is 2. The van der Waals surface area contributed by atoms with Crippen molar-refractivity contribution in [2.45, 2.75) is 39.8 Å². The molecule has 0 spiro atoms. The summed E-state index contributed by atoms with van der Waals surface area (Å²) in [6.07, 6.45) is 0. The minimum absolute atomic E-state index is 0.000815. The summed E-state index contributed by atoms with van der Waals surface area (Å²) in [4.78, 5) is 24.4. The highest BCUT2D eigenvalue weighted by molar-refractivity contribution is 5.87. The summed E-state index contributed by atoms with van der Waals surface area (Å²) in [7, 11) is 0. The Labute approximate surface area is 172 Å². The van der Waals surface area contributed by atoms with Crippen molar-refractivity contribution in [3.8, 4) is 5.75 Å². The van der Waals surface area contributed by atoms with E-state index in [2.05, 4.69) is 10.6 Å². The highest BCUT2D eigenvalue weighted by Gasteiger charge is 2.20. The van der Waals surface area contributed by atoms with Crippen LogP contribution in [0, 0.1) is 19.8 Å². The normalized spacial score (nSPS) is 12.9. The molecule has 0 aliphatic carbocycles. The van der Waals surface area contributed by atoms with Gasteiger partial charge in [-0.15, -0.1) is 0 Å². The van der Waals surface area contributed by atoms with E-state index in [9.17, 15) is 9.59 Å². The fourth-order valence-corrected chi connectivity index (χ4v) is 2.93. The van der Waals surface area contributed by atoms with E-state index in [0.29, 0.717) is 0 Å². The van der Waals surface area contributed by atoms with Crippen LogP contribution in [-0.4, -0.2) is 31.0 Å². The molecule has 0 heterocycles. The van der Waals surface area contributed by atoms with Crippen LogP contribution in [0.5, 0.6) is 5.75 Å². The molecular weight excluding hydrogens is 366 g/mol. The lowest BCUT2D eigenvalue weighted by Gasteiger charge is -2.22. The Morgan fingerprint density at radius 3 is 2.21 bits per heavy atom. The number of para-hydroxylation sites is 1. The van der Waals surface area contributed by atoms with Gasteiger partial charge in [-0.1, -0.05) is 62.4 Å².